The van der Waals surface area contributed by atoms with Crippen LogP contribution in [0.5, 0.6) is 5.75 Å². The molecule has 0 aliphatic heterocycles. The van der Waals surface area contributed by atoms with Gasteiger partial charge in [-0.15, -0.1) is 0 Å². The summed E-state index contributed by atoms with van der Waals surface area (Å²) in [4.78, 5) is 0. The lowest BCUT2D eigenvalue weighted by Crippen LogP contribution is -2.34. The van der Waals surface area contributed by atoms with Gasteiger partial charge in [-0.05, 0) is 26.1 Å². The number of likely N-dealkylation sites (N-methyl/N-ethyl adjacent to an activating group) is 1. The molecule has 1 aromatic carbocycles. The molecule has 0 spiro atoms. The highest BCUT2D eigenvalue weighted by atomic mass is 16.5. The molecule has 0 aromatic heterocycles. The summed E-state index contributed by atoms with van der Waals surface area (Å²) in [7, 11) is 1.80. The SMILES string of the molecule is CNC(CO)COc1ccc(C)cc1. The predicted molar refractivity (Wildman–Crippen MR) is 56.6 cm³/mol. The van der Waals surface area contributed by atoms with Crippen LogP contribution in [0.1, 0.15) is 5.56 Å². The first-order valence-corrected chi connectivity index (χ1v) is 4.74. The van der Waals surface area contributed by atoms with E-state index in [0.29, 0.717) is 6.61 Å². The first-order valence-electron chi connectivity index (χ1n) is 4.74. The highest BCUT2D eigenvalue weighted by molar-refractivity contribution is 5.26. The van der Waals surface area contributed by atoms with E-state index in [1.54, 1.807) is 7.05 Å². The number of hydrogen-bond acceptors (Lipinski definition) is 3. The van der Waals surface area contributed by atoms with Crippen molar-refractivity contribution in [2.24, 2.45) is 0 Å². The Balaban J connectivity index is 2.41. The van der Waals surface area contributed by atoms with Gasteiger partial charge in [-0.1, -0.05) is 17.7 Å². The first-order chi connectivity index (χ1) is 6.76. The van der Waals surface area contributed by atoms with Crippen LogP contribution in [0.3, 0.4) is 0 Å². The van der Waals surface area contributed by atoms with Crippen molar-refractivity contribution in [1.29, 1.82) is 0 Å². The van der Waals surface area contributed by atoms with Crippen molar-refractivity contribution >= 4 is 0 Å². The van der Waals surface area contributed by atoms with Crippen LogP contribution in [-0.4, -0.2) is 31.4 Å². The summed E-state index contributed by atoms with van der Waals surface area (Å²) in [6, 6.07) is 7.86. The second-order valence-electron chi connectivity index (χ2n) is 3.29. The molecule has 1 atom stereocenters. The molecule has 0 fully saturated rings. The maximum Gasteiger partial charge on any atom is 0.119 e. The van der Waals surface area contributed by atoms with Gasteiger partial charge in [-0.25, -0.2) is 0 Å². The van der Waals surface area contributed by atoms with Crippen molar-refractivity contribution in [3.8, 4) is 5.75 Å². The number of aliphatic hydroxyl groups excluding tert-OH is 1. The molecular formula is C11H17NO2. The summed E-state index contributed by atoms with van der Waals surface area (Å²) >= 11 is 0. The molecule has 3 nitrogen and oxygen atoms in total. The molecule has 78 valence electrons. The molecule has 0 bridgehead atoms. The molecule has 14 heavy (non-hydrogen) atoms. The van der Waals surface area contributed by atoms with Crippen LogP contribution in [0.15, 0.2) is 24.3 Å². The van der Waals surface area contributed by atoms with Gasteiger partial charge in [-0.2, -0.15) is 0 Å². The fraction of sp³-hybridized carbons (Fsp3) is 0.455. The van der Waals surface area contributed by atoms with Gasteiger partial charge in [0.2, 0.25) is 0 Å². The van der Waals surface area contributed by atoms with Crippen molar-refractivity contribution in [1.82, 2.24) is 5.32 Å². The van der Waals surface area contributed by atoms with Gasteiger partial charge in [0.1, 0.15) is 12.4 Å². The van der Waals surface area contributed by atoms with Crippen molar-refractivity contribution in [2.75, 3.05) is 20.3 Å². The minimum absolute atomic E-state index is 0.00342. The Bertz CT molecular complexity index is 254. The number of ether oxygens (including phenoxy) is 1. The second kappa shape index (κ2) is 5.62. The summed E-state index contributed by atoms with van der Waals surface area (Å²) in [5.41, 5.74) is 1.21. The Morgan fingerprint density at radius 2 is 2.00 bits per heavy atom. The fourth-order valence-electron chi connectivity index (χ4n) is 1.06. The molecule has 1 rings (SSSR count). The van der Waals surface area contributed by atoms with E-state index in [0.717, 1.165) is 5.75 Å². The molecule has 0 aliphatic rings. The van der Waals surface area contributed by atoms with Crippen molar-refractivity contribution < 1.29 is 9.84 Å². The third-order valence-corrected chi connectivity index (χ3v) is 2.10. The third-order valence-electron chi connectivity index (χ3n) is 2.10. The molecule has 3 heteroatoms. The van der Waals surface area contributed by atoms with Gasteiger partial charge >= 0.3 is 0 Å². The molecule has 0 saturated heterocycles. The van der Waals surface area contributed by atoms with Crippen LogP contribution in [0.2, 0.25) is 0 Å². The van der Waals surface area contributed by atoms with Gasteiger partial charge < -0.3 is 15.2 Å². The average molecular weight is 195 g/mol. The lowest BCUT2D eigenvalue weighted by molar-refractivity contribution is 0.189. The molecule has 0 aliphatic carbocycles. The molecule has 0 saturated carbocycles. The fourth-order valence-corrected chi connectivity index (χ4v) is 1.06. The van der Waals surface area contributed by atoms with E-state index in [4.69, 9.17) is 9.84 Å². The number of hydrogen-bond donors (Lipinski definition) is 2. The van der Waals surface area contributed by atoms with E-state index in [9.17, 15) is 0 Å². The van der Waals surface area contributed by atoms with Crippen molar-refractivity contribution in [3.05, 3.63) is 29.8 Å². The maximum atomic E-state index is 8.91. The highest BCUT2D eigenvalue weighted by Gasteiger charge is 2.04. The van der Waals surface area contributed by atoms with Gasteiger partial charge in [0.15, 0.2) is 0 Å². The minimum Gasteiger partial charge on any atom is -0.492 e. The normalized spacial score (nSPS) is 12.5. The Morgan fingerprint density at radius 1 is 1.36 bits per heavy atom. The van der Waals surface area contributed by atoms with E-state index in [1.165, 1.54) is 5.56 Å². The van der Waals surface area contributed by atoms with Gasteiger partial charge in [0.05, 0.1) is 12.6 Å². The monoisotopic (exact) mass is 195 g/mol. The van der Waals surface area contributed by atoms with E-state index in [2.05, 4.69) is 5.32 Å². The second-order valence-corrected chi connectivity index (χ2v) is 3.29. The zero-order valence-electron chi connectivity index (χ0n) is 8.66. The van der Waals surface area contributed by atoms with Gasteiger partial charge in [0.25, 0.3) is 0 Å². The van der Waals surface area contributed by atoms with Crippen LogP contribution in [0.25, 0.3) is 0 Å². The van der Waals surface area contributed by atoms with E-state index < -0.39 is 0 Å². The number of benzene rings is 1. The van der Waals surface area contributed by atoms with Crippen LogP contribution in [-0.2, 0) is 0 Å². The summed E-state index contributed by atoms with van der Waals surface area (Å²) < 4.78 is 5.48. The van der Waals surface area contributed by atoms with Crippen LogP contribution in [0.4, 0.5) is 0 Å². The lowest BCUT2D eigenvalue weighted by Gasteiger charge is -2.14. The maximum absolute atomic E-state index is 8.91. The van der Waals surface area contributed by atoms with Crippen molar-refractivity contribution in [2.45, 2.75) is 13.0 Å². The number of nitrogens with one attached hydrogen (secondary N) is 1. The Kier molecular flexibility index (Phi) is 4.43. The summed E-state index contributed by atoms with van der Waals surface area (Å²) in [6.07, 6.45) is 0. The van der Waals surface area contributed by atoms with E-state index in [1.807, 2.05) is 31.2 Å². The summed E-state index contributed by atoms with van der Waals surface area (Å²) in [6.45, 7) is 2.60. The lowest BCUT2D eigenvalue weighted by atomic mass is 10.2. The van der Waals surface area contributed by atoms with Crippen LogP contribution >= 0.6 is 0 Å². The number of rotatable bonds is 5. The standard InChI is InChI=1S/C11H17NO2/c1-9-3-5-11(6-4-9)14-8-10(7-13)12-2/h3-6,10,12-13H,7-8H2,1-2H3. The number of aryl methyl sites for hydroxylation is 1. The Morgan fingerprint density at radius 3 is 2.50 bits per heavy atom. The smallest absolute Gasteiger partial charge is 0.119 e. The van der Waals surface area contributed by atoms with Gasteiger partial charge in [0, 0.05) is 0 Å². The average Bonchev–Trinajstić information content (AvgIpc) is 2.22. The zero-order chi connectivity index (χ0) is 10.4. The first kappa shape index (κ1) is 11.0. The topological polar surface area (TPSA) is 41.5 Å². The van der Waals surface area contributed by atoms with E-state index >= 15 is 0 Å². The van der Waals surface area contributed by atoms with E-state index in [-0.39, 0.29) is 12.6 Å². The zero-order valence-corrected chi connectivity index (χ0v) is 8.66. The van der Waals surface area contributed by atoms with Gasteiger partial charge in [-0.3, -0.25) is 0 Å². The molecule has 0 radical (unpaired) electrons. The van der Waals surface area contributed by atoms with Crippen LogP contribution in [0, 0.1) is 6.92 Å². The third kappa shape index (κ3) is 3.36. The Hall–Kier alpha value is -1.06. The highest BCUT2D eigenvalue weighted by Crippen LogP contribution is 2.11. The minimum atomic E-state index is -0.00342. The largest absolute Gasteiger partial charge is 0.492 e. The molecule has 0 heterocycles. The molecule has 0 amide bonds. The summed E-state index contributed by atoms with van der Waals surface area (Å²) in [5, 5.41) is 11.9. The quantitative estimate of drug-likeness (QED) is 0.735. The predicted octanol–water partition coefficient (Wildman–Crippen LogP) is 0.954. The molecule has 1 unspecified atom stereocenters. The number of aliphatic hydroxyl groups is 1. The molecule has 2 N–H and O–H groups in total. The van der Waals surface area contributed by atoms with Crippen LogP contribution < -0.4 is 10.1 Å². The molecule has 1 aromatic rings. The summed E-state index contributed by atoms with van der Waals surface area (Å²) in [5.74, 6) is 0.837. The van der Waals surface area contributed by atoms with Crippen molar-refractivity contribution in [3.63, 3.8) is 0 Å². The Labute approximate surface area is 84.7 Å². The molecular weight excluding hydrogens is 178 g/mol.